The SMILES string of the molecule is CCCCC(C)OC(=O)/C(C#N)=C/c1cc2sc(N=Nc3ccc4c(c3)CCN4CC)nc2s1. The molecule has 0 saturated carbocycles. The molecule has 0 bridgehead atoms. The summed E-state index contributed by atoms with van der Waals surface area (Å²) >= 11 is 2.84. The highest BCUT2D eigenvalue weighted by Gasteiger charge is 2.18. The molecule has 0 amide bonds. The van der Waals surface area contributed by atoms with Gasteiger partial charge < -0.3 is 9.64 Å². The number of anilines is 1. The second-order valence-electron chi connectivity index (χ2n) is 8.19. The fourth-order valence-corrected chi connectivity index (χ4v) is 5.86. The van der Waals surface area contributed by atoms with Crippen molar-refractivity contribution in [3.8, 4) is 6.07 Å². The van der Waals surface area contributed by atoms with E-state index in [-0.39, 0.29) is 11.7 Å². The van der Waals surface area contributed by atoms with E-state index in [1.807, 2.05) is 25.1 Å². The summed E-state index contributed by atoms with van der Waals surface area (Å²) in [5.41, 5.74) is 3.41. The van der Waals surface area contributed by atoms with Crippen molar-refractivity contribution in [3.63, 3.8) is 0 Å². The number of rotatable bonds is 9. The van der Waals surface area contributed by atoms with Gasteiger partial charge in [0.15, 0.2) is 0 Å². The van der Waals surface area contributed by atoms with E-state index in [4.69, 9.17) is 4.74 Å². The average molecular weight is 494 g/mol. The minimum Gasteiger partial charge on any atom is -0.459 e. The average Bonchev–Trinajstić information content (AvgIpc) is 3.52. The zero-order valence-corrected chi connectivity index (χ0v) is 21.2. The number of esters is 1. The number of aromatic nitrogens is 1. The van der Waals surface area contributed by atoms with Gasteiger partial charge in [0.1, 0.15) is 16.5 Å². The van der Waals surface area contributed by atoms with Crippen LogP contribution in [0.25, 0.3) is 15.6 Å². The molecule has 4 rings (SSSR count). The molecule has 0 spiro atoms. The Kier molecular flexibility index (Phi) is 7.70. The third kappa shape index (κ3) is 5.51. The maximum Gasteiger partial charge on any atom is 0.349 e. The minimum absolute atomic E-state index is 0.00425. The molecule has 0 aliphatic carbocycles. The highest BCUT2D eigenvalue weighted by molar-refractivity contribution is 7.29. The van der Waals surface area contributed by atoms with E-state index < -0.39 is 5.97 Å². The minimum atomic E-state index is -0.582. The van der Waals surface area contributed by atoms with Crippen molar-refractivity contribution in [1.82, 2.24) is 4.98 Å². The standard InChI is InChI=1S/C25H27N5O2S2/c1-4-6-7-16(3)32-24(31)18(15-26)13-20-14-22-23(33-20)27-25(34-22)29-28-19-8-9-21-17(12-19)10-11-30(21)5-2/h8-9,12-14,16H,4-7,10-11H2,1-3H3/b18-13+,29-28?. The summed E-state index contributed by atoms with van der Waals surface area (Å²) in [4.78, 5) is 20.8. The lowest BCUT2D eigenvalue weighted by molar-refractivity contribution is -0.143. The number of nitriles is 1. The number of hydrogen-bond donors (Lipinski definition) is 0. The number of fused-ring (bicyclic) bond motifs is 2. The van der Waals surface area contributed by atoms with Crippen LogP contribution in [0.2, 0.25) is 0 Å². The van der Waals surface area contributed by atoms with Gasteiger partial charge in [0, 0.05) is 23.7 Å². The maximum atomic E-state index is 12.3. The predicted octanol–water partition coefficient (Wildman–Crippen LogP) is 7.18. The number of thiazole rings is 1. The van der Waals surface area contributed by atoms with Crippen molar-refractivity contribution in [2.24, 2.45) is 10.2 Å². The van der Waals surface area contributed by atoms with Crippen LogP contribution in [-0.2, 0) is 16.0 Å². The topological polar surface area (TPSA) is 90.9 Å². The molecule has 7 nitrogen and oxygen atoms in total. The number of carbonyl (C=O) groups excluding carboxylic acids is 1. The van der Waals surface area contributed by atoms with Gasteiger partial charge in [0.2, 0.25) is 5.13 Å². The summed E-state index contributed by atoms with van der Waals surface area (Å²) in [6, 6.07) is 10.1. The van der Waals surface area contributed by atoms with E-state index >= 15 is 0 Å². The maximum absolute atomic E-state index is 12.3. The molecule has 1 atom stereocenters. The molecule has 1 unspecified atom stereocenters. The quantitative estimate of drug-likeness (QED) is 0.136. The van der Waals surface area contributed by atoms with Crippen LogP contribution < -0.4 is 4.90 Å². The second-order valence-corrected chi connectivity index (χ2v) is 10.3. The Balaban J connectivity index is 1.44. The molecule has 9 heteroatoms. The first-order valence-corrected chi connectivity index (χ1v) is 13.2. The smallest absolute Gasteiger partial charge is 0.349 e. The van der Waals surface area contributed by atoms with Gasteiger partial charge in [-0.25, -0.2) is 9.78 Å². The molecule has 0 saturated heterocycles. The Labute approximate surface area is 207 Å². The monoisotopic (exact) mass is 493 g/mol. The van der Waals surface area contributed by atoms with Crippen LogP contribution in [0.5, 0.6) is 0 Å². The molecule has 3 heterocycles. The Morgan fingerprint density at radius 2 is 2.18 bits per heavy atom. The van der Waals surface area contributed by atoms with Gasteiger partial charge in [-0.05, 0) is 62.6 Å². The van der Waals surface area contributed by atoms with Crippen molar-refractivity contribution in [2.75, 3.05) is 18.0 Å². The molecule has 176 valence electrons. The molecule has 1 aliphatic heterocycles. The van der Waals surface area contributed by atoms with Crippen molar-refractivity contribution in [1.29, 1.82) is 5.26 Å². The third-order valence-corrected chi connectivity index (χ3v) is 7.68. The Bertz CT molecular complexity index is 1250. The normalized spacial score (nSPS) is 14.5. The molecular weight excluding hydrogens is 466 g/mol. The van der Waals surface area contributed by atoms with Crippen molar-refractivity contribution in [3.05, 3.63) is 40.3 Å². The number of nitrogens with zero attached hydrogens (tertiary/aromatic N) is 5. The first-order valence-electron chi connectivity index (χ1n) is 11.5. The lowest BCUT2D eigenvalue weighted by Gasteiger charge is -2.16. The van der Waals surface area contributed by atoms with Crippen LogP contribution >= 0.6 is 22.7 Å². The van der Waals surface area contributed by atoms with Gasteiger partial charge in [-0.15, -0.1) is 21.6 Å². The lowest BCUT2D eigenvalue weighted by Crippen LogP contribution is -2.18. The molecule has 1 aromatic carbocycles. The van der Waals surface area contributed by atoms with Crippen molar-refractivity contribution >= 4 is 60.8 Å². The second kappa shape index (κ2) is 10.9. The number of unbranched alkanes of at least 4 members (excludes halogenated alkanes) is 1. The molecular formula is C25H27N5O2S2. The number of thiophene rings is 1. The Morgan fingerprint density at radius 1 is 1.32 bits per heavy atom. The van der Waals surface area contributed by atoms with Crippen LogP contribution in [-0.4, -0.2) is 30.1 Å². The third-order valence-electron chi connectivity index (χ3n) is 5.68. The van der Waals surface area contributed by atoms with E-state index in [1.54, 1.807) is 6.08 Å². The fourth-order valence-electron chi connectivity index (χ4n) is 3.88. The van der Waals surface area contributed by atoms with Crippen molar-refractivity contribution in [2.45, 2.75) is 52.6 Å². The summed E-state index contributed by atoms with van der Waals surface area (Å²) < 4.78 is 6.34. The zero-order valence-electron chi connectivity index (χ0n) is 19.6. The Hall–Kier alpha value is -3.09. The summed E-state index contributed by atoms with van der Waals surface area (Å²) in [5, 5.41) is 18.7. The van der Waals surface area contributed by atoms with E-state index in [0.717, 1.165) is 58.9 Å². The Morgan fingerprint density at radius 3 is 2.91 bits per heavy atom. The molecule has 0 radical (unpaired) electrons. The van der Waals surface area contributed by atoms with Gasteiger partial charge in [0.05, 0.1) is 16.5 Å². The molecule has 0 N–H and O–H groups in total. The van der Waals surface area contributed by atoms with E-state index in [1.165, 1.54) is 33.9 Å². The predicted molar refractivity (Wildman–Crippen MR) is 138 cm³/mol. The van der Waals surface area contributed by atoms with E-state index in [2.05, 4.69) is 46.1 Å². The first-order chi connectivity index (χ1) is 16.5. The van der Waals surface area contributed by atoms with Gasteiger partial charge in [-0.3, -0.25) is 0 Å². The number of carbonyl (C=O) groups is 1. The van der Waals surface area contributed by atoms with Crippen LogP contribution in [0.15, 0.2) is 40.1 Å². The summed E-state index contributed by atoms with van der Waals surface area (Å²) in [7, 11) is 0. The number of likely N-dealkylation sites (N-methyl/N-ethyl adjacent to an activating group) is 1. The summed E-state index contributed by atoms with van der Waals surface area (Å²) in [6.07, 6.45) is 5.21. The number of ether oxygens (including phenoxy) is 1. The zero-order chi connectivity index (χ0) is 24.1. The van der Waals surface area contributed by atoms with Crippen molar-refractivity contribution < 1.29 is 9.53 Å². The molecule has 0 fully saturated rings. The fraction of sp³-hybridized carbons (Fsp3) is 0.400. The lowest BCUT2D eigenvalue weighted by atomic mass is 10.1. The number of benzene rings is 1. The van der Waals surface area contributed by atoms with E-state index in [9.17, 15) is 10.1 Å². The molecule has 3 aromatic rings. The largest absolute Gasteiger partial charge is 0.459 e. The van der Waals surface area contributed by atoms with Gasteiger partial charge in [0.25, 0.3) is 0 Å². The summed E-state index contributed by atoms with van der Waals surface area (Å²) in [5.74, 6) is -0.582. The van der Waals surface area contributed by atoms with E-state index in [0.29, 0.717) is 5.13 Å². The van der Waals surface area contributed by atoms with Crippen LogP contribution in [0.1, 0.15) is 50.5 Å². The highest BCUT2D eigenvalue weighted by Crippen LogP contribution is 2.36. The summed E-state index contributed by atoms with van der Waals surface area (Å²) in [6.45, 7) is 8.17. The van der Waals surface area contributed by atoms with Crippen LogP contribution in [0.4, 0.5) is 16.5 Å². The van der Waals surface area contributed by atoms with Crippen LogP contribution in [0, 0.1) is 11.3 Å². The first kappa shape index (κ1) is 24.0. The highest BCUT2D eigenvalue weighted by atomic mass is 32.1. The van der Waals surface area contributed by atoms with Crippen LogP contribution in [0.3, 0.4) is 0 Å². The van der Waals surface area contributed by atoms with Gasteiger partial charge >= 0.3 is 5.97 Å². The molecule has 2 aromatic heterocycles. The molecule has 1 aliphatic rings. The number of azo groups is 1. The molecule has 34 heavy (non-hydrogen) atoms. The number of hydrogen-bond acceptors (Lipinski definition) is 9. The van der Waals surface area contributed by atoms with Gasteiger partial charge in [-0.1, -0.05) is 31.1 Å². The van der Waals surface area contributed by atoms with Gasteiger partial charge in [-0.2, -0.15) is 5.26 Å².